The summed E-state index contributed by atoms with van der Waals surface area (Å²) in [6.45, 7) is 3.88. The van der Waals surface area contributed by atoms with E-state index in [4.69, 9.17) is 9.47 Å². The quantitative estimate of drug-likeness (QED) is 0.740. The lowest BCUT2D eigenvalue weighted by Gasteiger charge is -2.17. The highest BCUT2D eigenvalue weighted by molar-refractivity contribution is 5.44. The predicted octanol–water partition coefficient (Wildman–Crippen LogP) is 5.05. The minimum absolute atomic E-state index is 0.149. The summed E-state index contributed by atoms with van der Waals surface area (Å²) in [4.78, 5) is 0. The maximum absolute atomic E-state index is 13.3. The van der Waals surface area contributed by atoms with Crippen LogP contribution in [0.4, 0.5) is 13.2 Å². The van der Waals surface area contributed by atoms with Crippen molar-refractivity contribution in [1.82, 2.24) is 0 Å². The van der Waals surface area contributed by atoms with Crippen LogP contribution in [0.1, 0.15) is 23.6 Å². The molecule has 1 aliphatic rings. The summed E-state index contributed by atoms with van der Waals surface area (Å²) in [5, 5.41) is 0. The smallest absolute Gasteiger partial charge is 0.416 e. The number of benzene rings is 2. The lowest BCUT2D eigenvalue weighted by Crippen LogP contribution is -2.15. The third kappa shape index (κ3) is 2.95. The van der Waals surface area contributed by atoms with Gasteiger partial charge in [0.2, 0.25) is 0 Å². The van der Waals surface area contributed by atoms with Gasteiger partial charge in [-0.3, -0.25) is 0 Å². The number of rotatable bonds is 3. The van der Waals surface area contributed by atoms with Crippen LogP contribution in [-0.4, -0.2) is 6.61 Å². The molecule has 0 radical (unpaired) electrons. The minimum Gasteiger partial charge on any atom is -0.457 e. The van der Waals surface area contributed by atoms with Gasteiger partial charge in [0.15, 0.2) is 0 Å². The van der Waals surface area contributed by atoms with Gasteiger partial charge in [0.25, 0.3) is 0 Å². The van der Waals surface area contributed by atoms with E-state index in [1.165, 1.54) is 12.1 Å². The number of halogens is 3. The van der Waals surface area contributed by atoms with E-state index < -0.39 is 17.3 Å². The molecule has 1 atom stereocenters. The fraction of sp³-hybridized carbons (Fsp3) is 0.294. The third-order valence-corrected chi connectivity index (χ3v) is 3.70. The van der Waals surface area contributed by atoms with Gasteiger partial charge in [-0.1, -0.05) is 23.8 Å². The van der Waals surface area contributed by atoms with Crippen LogP contribution in [0.15, 0.2) is 42.5 Å². The zero-order valence-corrected chi connectivity index (χ0v) is 12.2. The molecule has 0 bridgehead atoms. The molecule has 22 heavy (non-hydrogen) atoms. The first-order chi connectivity index (χ1) is 10.3. The van der Waals surface area contributed by atoms with Crippen LogP contribution in [0.5, 0.6) is 11.5 Å². The van der Waals surface area contributed by atoms with E-state index in [2.05, 4.69) is 0 Å². The second-order valence-corrected chi connectivity index (χ2v) is 5.64. The van der Waals surface area contributed by atoms with Crippen molar-refractivity contribution < 1.29 is 22.6 Å². The van der Waals surface area contributed by atoms with Crippen molar-refractivity contribution in [2.24, 2.45) is 0 Å². The molecule has 116 valence electrons. The van der Waals surface area contributed by atoms with Crippen LogP contribution in [0, 0.1) is 6.92 Å². The average Bonchev–Trinajstić information content (AvgIpc) is 3.19. The van der Waals surface area contributed by atoms with Gasteiger partial charge in [-0.15, -0.1) is 0 Å². The van der Waals surface area contributed by atoms with E-state index in [-0.39, 0.29) is 11.3 Å². The van der Waals surface area contributed by atoms with Crippen molar-refractivity contribution in [3.8, 4) is 11.5 Å². The van der Waals surface area contributed by atoms with Gasteiger partial charge < -0.3 is 9.47 Å². The third-order valence-electron chi connectivity index (χ3n) is 3.70. The number of epoxide rings is 1. The first kappa shape index (κ1) is 14.9. The van der Waals surface area contributed by atoms with Crippen molar-refractivity contribution in [2.75, 3.05) is 6.61 Å². The Kier molecular flexibility index (Phi) is 3.40. The highest BCUT2D eigenvalue weighted by Crippen LogP contribution is 2.46. The highest BCUT2D eigenvalue weighted by Gasteiger charge is 2.47. The van der Waals surface area contributed by atoms with Gasteiger partial charge in [-0.05, 0) is 43.7 Å². The van der Waals surface area contributed by atoms with Crippen molar-refractivity contribution >= 4 is 0 Å². The summed E-state index contributed by atoms with van der Waals surface area (Å²) in [5.41, 5.74) is -0.349. The molecule has 0 amide bonds. The zero-order valence-electron chi connectivity index (χ0n) is 12.2. The highest BCUT2D eigenvalue weighted by atomic mass is 19.4. The molecule has 2 aromatic carbocycles. The van der Waals surface area contributed by atoms with Crippen molar-refractivity contribution in [1.29, 1.82) is 0 Å². The normalized spacial score (nSPS) is 20.8. The average molecular weight is 308 g/mol. The van der Waals surface area contributed by atoms with E-state index in [0.29, 0.717) is 12.4 Å². The minimum atomic E-state index is -4.45. The molecular formula is C17H15F3O2. The summed E-state index contributed by atoms with van der Waals surface area (Å²) in [6.07, 6.45) is -4.45. The lowest BCUT2D eigenvalue weighted by atomic mass is 9.95. The molecule has 0 N–H and O–H groups in total. The Hall–Kier alpha value is -2.01. The molecule has 2 aromatic rings. The Bertz CT molecular complexity index is 686. The molecule has 0 spiro atoms. The van der Waals surface area contributed by atoms with Crippen molar-refractivity contribution in [3.05, 3.63) is 59.2 Å². The topological polar surface area (TPSA) is 21.8 Å². The SMILES string of the molecule is Cc1ccc(Oc2ccc(C3(C)CO3)c(C(F)(F)F)c2)cc1. The Labute approximate surface area is 126 Å². The number of hydrogen-bond donors (Lipinski definition) is 0. The molecule has 1 unspecified atom stereocenters. The lowest BCUT2D eigenvalue weighted by molar-refractivity contribution is -0.138. The summed E-state index contributed by atoms with van der Waals surface area (Å²) in [6, 6.07) is 11.1. The standard InChI is InChI=1S/C17H15F3O2/c1-11-3-5-12(6-4-11)22-13-7-8-14(16(2)10-21-16)15(9-13)17(18,19)20/h3-9H,10H2,1-2H3. The number of ether oxygens (including phenoxy) is 2. The fourth-order valence-electron chi connectivity index (χ4n) is 2.29. The van der Waals surface area contributed by atoms with Crippen LogP contribution in [0.25, 0.3) is 0 Å². The van der Waals surface area contributed by atoms with Crippen LogP contribution in [0.2, 0.25) is 0 Å². The molecule has 2 nitrogen and oxygen atoms in total. The summed E-state index contributed by atoms with van der Waals surface area (Å²) >= 11 is 0. The molecule has 0 aliphatic carbocycles. The van der Waals surface area contributed by atoms with Gasteiger partial charge >= 0.3 is 6.18 Å². The Balaban J connectivity index is 1.95. The molecule has 5 heteroatoms. The molecule has 1 fully saturated rings. The molecular weight excluding hydrogens is 293 g/mol. The van der Waals surface area contributed by atoms with Crippen LogP contribution < -0.4 is 4.74 Å². The van der Waals surface area contributed by atoms with E-state index in [0.717, 1.165) is 11.6 Å². The number of alkyl halides is 3. The Morgan fingerprint density at radius 2 is 1.64 bits per heavy atom. The van der Waals surface area contributed by atoms with E-state index in [9.17, 15) is 13.2 Å². The molecule has 1 aliphatic heterocycles. The van der Waals surface area contributed by atoms with Gasteiger partial charge in [0, 0.05) is 0 Å². The maximum atomic E-state index is 13.3. The molecule has 0 aromatic heterocycles. The molecule has 1 heterocycles. The Morgan fingerprint density at radius 1 is 1.05 bits per heavy atom. The van der Waals surface area contributed by atoms with E-state index in [1.54, 1.807) is 19.1 Å². The van der Waals surface area contributed by atoms with E-state index in [1.807, 2.05) is 19.1 Å². The summed E-state index contributed by atoms with van der Waals surface area (Å²) < 4.78 is 50.5. The monoisotopic (exact) mass is 308 g/mol. The first-order valence-corrected chi connectivity index (χ1v) is 6.88. The van der Waals surface area contributed by atoms with Crippen LogP contribution in [0.3, 0.4) is 0 Å². The largest absolute Gasteiger partial charge is 0.457 e. The summed E-state index contributed by atoms with van der Waals surface area (Å²) in [7, 11) is 0. The molecule has 0 saturated carbocycles. The van der Waals surface area contributed by atoms with E-state index >= 15 is 0 Å². The summed E-state index contributed by atoms with van der Waals surface area (Å²) in [5.74, 6) is 0.657. The fourth-order valence-corrected chi connectivity index (χ4v) is 2.29. The second-order valence-electron chi connectivity index (χ2n) is 5.64. The predicted molar refractivity (Wildman–Crippen MR) is 76.0 cm³/mol. The van der Waals surface area contributed by atoms with Crippen molar-refractivity contribution in [2.45, 2.75) is 25.6 Å². The van der Waals surface area contributed by atoms with Crippen LogP contribution in [-0.2, 0) is 16.5 Å². The number of aryl methyl sites for hydroxylation is 1. The molecule has 1 saturated heterocycles. The number of hydrogen-bond acceptors (Lipinski definition) is 2. The van der Waals surface area contributed by atoms with Crippen molar-refractivity contribution in [3.63, 3.8) is 0 Å². The van der Waals surface area contributed by atoms with Gasteiger partial charge in [-0.2, -0.15) is 13.2 Å². The second kappa shape index (κ2) is 5.02. The van der Waals surface area contributed by atoms with Crippen LogP contribution >= 0.6 is 0 Å². The zero-order chi connectivity index (χ0) is 16.0. The first-order valence-electron chi connectivity index (χ1n) is 6.88. The van der Waals surface area contributed by atoms with Gasteiger partial charge in [0.1, 0.15) is 17.1 Å². The van der Waals surface area contributed by atoms with Gasteiger partial charge in [0.05, 0.1) is 12.2 Å². The Morgan fingerprint density at radius 3 is 2.18 bits per heavy atom. The molecule has 3 rings (SSSR count). The maximum Gasteiger partial charge on any atom is 0.416 e. The van der Waals surface area contributed by atoms with Gasteiger partial charge in [-0.25, -0.2) is 0 Å².